The first-order chi connectivity index (χ1) is 13.7. The number of para-hydroxylation sites is 1. The fraction of sp³-hybridized carbons (Fsp3) is 0.100. The average molecular weight is 373 g/mol. The number of nitrogens with one attached hydrogen (secondary N) is 2. The van der Waals surface area contributed by atoms with E-state index in [1.54, 1.807) is 36.4 Å². The molecule has 0 bridgehead atoms. The fourth-order valence-electron chi connectivity index (χ4n) is 2.65. The number of rotatable bonds is 4. The Kier molecular flexibility index (Phi) is 4.72. The quantitative estimate of drug-likeness (QED) is 0.723. The van der Waals surface area contributed by atoms with Crippen molar-refractivity contribution in [1.29, 1.82) is 5.26 Å². The molecule has 1 amide bonds. The summed E-state index contributed by atoms with van der Waals surface area (Å²) in [6, 6.07) is 14.3. The van der Waals surface area contributed by atoms with E-state index in [0.29, 0.717) is 47.5 Å². The number of ether oxygens (including phenoxy) is 2. The van der Waals surface area contributed by atoms with Crippen molar-refractivity contribution in [2.75, 3.05) is 23.8 Å². The highest BCUT2D eigenvalue weighted by Crippen LogP contribution is 2.32. The number of amides is 1. The first-order valence-corrected chi connectivity index (χ1v) is 8.52. The SMILES string of the molecule is N#Cc1ccccc1Nc1cnc(C(=O)Nc2ccc3c(c2)OCCO3)cn1. The highest BCUT2D eigenvalue weighted by molar-refractivity contribution is 6.02. The van der Waals surface area contributed by atoms with Gasteiger partial charge in [0.1, 0.15) is 30.8 Å². The van der Waals surface area contributed by atoms with Crippen LogP contribution in [0.5, 0.6) is 11.5 Å². The van der Waals surface area contributed by atoms with Crippen LogP contribution in [0, 0.1) is 11.3 Å². The Bertz CT molecular complexity index is 1060. The molecule has 138 valence electrons. The van der Waals surface area contributed by atoms with E-state index >= 15 is 0 Å². The highest BCUT2D eigenvalue weighted by Gasteiger charge is 2.14. The van der Waals surface area contributed by atoms with Crippen molar-refractivity contribution in [3.05, 3.63) is 66.1 Å². The van der Waals surface area contributed by atoms with Crippen molar-refractivity contribution in [1.82, 2.24) is 9.97 Å². The second-order valence-electron chi connectivity index (χ2n) is 5.88. The van der Waals surface area contributed by atoms with Gasteiger partial charge in [-0.1, -0.05) is 12.1 Å². The molecule has 8 heteroatoms. The van der Waals surface area contributed by atoms with E-state index in [4.69, 9.17) is 14.7 Å². The Hall–Kier alpha value is -4.12. The lowest BCUT2D eigenvalue weighted by Crippen LogP contribution is -2.17. The van der Waals surface area contributed by atoms with Crippen molar-refractivity contribution in [3.8, 4) is 17.6 Å². The molecule has 2 aromatic carbocycles. The minimum absolute atomic E-state index is 0.161. The predicted octanol–water partition coefficient (Wildman–Crippen LogP) is 3.12. The molecule has 0 unspecified atom stereocenters. The zero-order chi connectivity index (χ0) is 19.3. The number of hydrogen-bond acceptors (Lipinski definition) is 7. The molecule has 28 heavy (non-hydrogen) atoms. The van der Waals surface area contributed by atoms with Crippen molar-refractivity contribution in [2.45, 2.75) is 0 Å². The maximum absolute atomic E-state index is 12.4. The zero-order valence-electron chi connectivity index (χ0n) is 14.7. The maximum atomic E-state index is 12.4. The molecule has 0 radical (unpaired) electrons. The number of anilines is 3. The first kappa shape index (κ1) is 17.3. The van der Waals surface area contributed by atoms with Gasteiger partial charge >= 0.3 is 0 Å². The van der Waals surface area contributed by atoms with Gasteiger partial charge in [-0.15, -0.1) is 0 Å². The summed E-state index contributed by atoms with van der Waals surface area (Å²) in [4.78, 5) is 20.7. The molecule has 4 rings (SSSR count). The summed E-state index contributed by atoms with van der Waals surface area (Å²) in [6.07, 6.45) is 2.80. The number of nitriles is 1. The van der Waals surface area contributed by atoms with E-state index in [1.807, 2.05) is 6.07 Å². The number of carbonyl (C=O) groups is 1. The molecule has 1 aliphatic rings. The molecule has 0 fully saturated rings. The van der Waals surface area contributed by atoms with Gasteiger partial charge < -0.3 is 20.1 Å². The Morgan fingerprint density at radius 3 is 2.64 bits per heavy atom. The minimum atomic E-state index is -0.395. The lowest BCUT2D eigenvalue weighted by Gasteiger charge is -2.18. The summed E-state index contributed by atoms with van der Waals surface area (Å²) < 4.78 is 11.0. The van der Waals surface area contributed by atoms with Crippen LogP contribution in [-0.2, 0) is 0 Å². The third-order valence-electron chi connectivity index (χ3n) is 3.99. The van der Waals surface area contributed by atoms with Crippen LogP contribution >= 0.6 is 0 Å². The van der Waals surface area contributed by atoms with Gasteiger partial charge in [0.05, 0.1) is 23.6 Å². The van der Waals surface area contributed by atoms with Crippen molar-refractivity contribution in [2.24, 2.45) is 0 Å². The van der Waals surface area contributed by atoms with Gasteiger partial charge in [-0.3, -0.25) is 4.79 Å². The average Bonchev–Trinajstić information content (AvgIpc) is 2.74. The molecule has 0 aliphatic carbocycles. The van der Waals surface area contributed by atoms with Crippen LogP contribution in [0.1, 0.15) is 16.1 Å². The second kappa shape index (κ2) is 7.63. The number of fused-ring (bicyclic) bond motifs is 1. The largest absolute Gasteiger partial charge is 0.486 e. The Morgan fingerprint density at radius 2 is 1.86 bits per heavy atom. The number of carbonyl (C=O) groups excluding carboxylic acids is 1. The molecule has 3 aromatic rings. The van der Waals surface area contributed by atoms with Crippen LogP contribution in [0.4, 0.5) is 17.2 Å². The predicted molar refractivity (Wildman–Crippen MR) is 102 cm³/mol. The van der Waals surface area contributed by atoms with Crippen LogP contribution in [0.3, 0.4) is 0 Å². The fourth-order valence-corrected chi connectivity index (χ4v) is 2.65. The smallest absolute Gasteiger partial charge is 0.275 e. The number of benzene rings is 2. The second-order valence-corrected chi connectivity index (χ2v) is 5.88. The molecular weight excluding hydrogens is 358 g/mol. The Balaban J connectivity index is 1.45. The van der Waals surface area contributed by atoms with Gasteiger partial charge in [-0.2, -0.15) is 5.26 Å². The number of aromatic nitrogens is 2. The summed E-state index contributed by atoms with van der Waals surface area (Å²) in [5.74, 6) is 1.27. The van der Waals surface area contributed by atoms with Crippen LogP contribution in [0.15, 0.2) is 54.9 Å². The van der Waals surface area contributed by atoms with Gasteiger partial charge in [0.2, 0.25) is 0 Å². The van der Waals surface area contributed by atoms with Gasteiger partial charge in [-0.25, -0.2) is 9.97 Å². The summed E-state index contributed by atoms with van der Waals surface area (Å²) in [6.45, 7) is 0.979. The third kappa shape index (κ3) is 3.68. The minimum Gasteiger partial charge on any atom is -0.486 e. The van der Waals surface area contributed by atoms with E-state index in [1.165, 1.54) is 12.4 Å². The van der Waals surface area contributed by atoms with Crippen LogP contribution in [-0.4, -0.2) is 29.1 Å². The molecule has 8 nitrogen and oxygen atoms in total. The molecule has 0 saturated heterocycles. The van der Waals surface area contributed by atoms with Crippen molar-refractivity contribution >= 4 is 23.1 Å². The van der Waals surface area contributed by atoms with E-state index in [0.717, 1.165) is 0 Å². The summed E-state index contributed by atoms with van der Waals surface area (Å²) in [5.41, 5.74) is 1.84. The zero-order valence-corrected chi connectivity index (χ0v) is 14.7. The molecule has 2 N–H and O–H groups in total. The lowest BCUT2D eigenvalue weighted by atomic mass is 10.2. The monoisotopic (exact) mass is 373 g/mol. The normalized spacial score (nSPS) is 12.0. The van der Waals surface area contributed by atoms with Gasteiger partial charge in [0.25, 0.3) is 5.91 Å². The number of nitrogens with zero attached hydrogens (tertiary/aromatic N) is 3. The van der Waals surface area contributed by atoms with Crippen molar-refractivity contribution in [3.63, 3.8) is 0 Å². The third-order valence-corrected chi connectivity index (χ3v) is 3.99. The van der Waals surface area contributed by atoms with Crippen LogP contribution in [0.2, 0.25) is 0 Å². The highest BCUT2D eigenvalue weighted by atomic mass is 16.6. The van der Waals surface area contributed by atoms with Gasteiger partial charge in [0, 0.05) is 11.8 Å². The summed E-state index contributed by atoms with van der Waals surface area (Å²) >= 11 is 0. The molecule has 0 saturated carbocycles. The lowest BCUT2D eigenvalue weighted by molar-refractivity contribution is 0.102. The van der Waals surface area contributed by atoms with E-state index in [-0.39, 0.29) is 5.69 Å². The van der Waals surface area contributed by atoms with Crippen LogP contribution in [0.25, 0.3) is 0 Å². The van der Waals surface area contributed by atoms with Gasteiger partial charge in [-0.05, 0) is 24.3 Å². The van der Waals surface area contributed by atoms with Crippen molar-refractivity contribution < 1.29 is 14.3 Å². The first-order valence-electron chi connectivity index (χ1n) is 8.52. The molecule has 0 spiro atoms. The standard InChI is InChI=1S/C20H15N5O3/c21-10-13-3-1-2-4-15(13)25-19-12-22-16(11-23-19)20(26)24-14-5-6-17-18(9-14)28-8-7-27-17/h1-6,9,11-12H,7-8H2,(H,23,25)(H,24,26). The van der Waals surface area contributed by atoms with Crippen LogP contribution < -0.4 is 20.1 Å². The summed E-state index contributed by atoms with van der Waals surface area (Å²) in [7, 11) is 0. The summed E-state index contributed by atoms with van der Waals surface area (Å²) in [5, 5.41) is 14.9. The van der Waals surface area contributed by atoms with E-state index < -0.39 is 5.91 Å². The Labute approximate surface area is 160 Å². The molecule has 1 aliphatic heterocycles. The topological polar surface area (TPSA) is 109 Å². The van der Waals surface area contributed by atoms with Gasteiger partial charge in [0.15, 0.2) is 11.5 Å². The molecule has 0 atom stereocenters. The van der Waals surface area contributed by atoms with E-state index in [9.17, 15) is 4.79 Å². The molecular formula is C20H15N5O3. The molecule has 2 heterocycles. The maximum Gasteiger partial charge on any atom is 0.275 e. The molecule has 1 aromatic heterocycles. The van der Waals surface area contributed by atoms with E-state index in [2.05, 4.69) is 26.7 Å². The Morgan fingerprint density at radius 1 is 1.04 bits per heavy atom. The number of hydrogen-bond donors (Lipinski definition) is 2.